The van der Waals surface area contributed by atoms with Gasteiger partial charge in [-0.1, -0.05) is 11.6 Å². The Bertz CT molecular complexity index is 420. The number of aromatic nitrogens is 1. The lowest BCUT2D eigenvalue weighted by Crippen LogP contribution is -2.23. The van der Waals surface area contributed by atoms with E-state index in [2.05, 4.69) is 10.3 Å². The first-order valence-corrected chi connectivity index (χ1v) is 5.54. The van der Waals surface area contributed by atoms with Crippen molar-refractivity contribution in [3.05, 3.63) is 28.5 Å². The number of pyridine rings is 1. The molecule has 5 nitrogen and oxygen atoms in total. The molecule has 0 saturated carbocycles. The topological polar surface area (TPSA) is 89.2 Å². The van der Waals surface area contributed by atoms with Gasteiger partial charge in [0.25, 0.3) is 0 Å². The molecule has 2 atom stereocenters. The van der Waals surface area contributed by atoms with Crippen LogP contribution in [0.5, 0.6) is 0 Å². The molecule has 0 saturated heterocycles. The van der Waals surface area contributed by atoms with Crippen molar-refractivity contribution in [2.45, 2.75) is 18.6 Å². The van der Waals surface area contributed by atoms with Gasteiger partial charge in [-0.3, -0.25) is 0 Å². The minimum absolute atomic E-state index is 0.0972. The number of halogens is 1. The molecule has 6 heteroatoms. The second kappa shape index (κ2) is 6.52. The normalized spacial score (nSPS) is 14.1. The monoisotopic (exact) mass is 255 g/mol. The molecule has 1 aromatic rings. The lowest BCUT2D eigenvalue weighted by molar-refractivity contribution is 0.0139. The second-order valence-electron chi connectivity index (χ2n) is 3.62. The highest BCUT2D eigenvalue weighted by molar-refractivity contribution is 6.30. The number of aliphatic hydroxyl groups is 2. The molecule has 0 aromatic carbocycles. The van der Waals surface area contributed by atoms with Gasteiger partial charge in [-0.25, -0.2) is 4.98 Å². The van der Waals surface area contributed by atoms with Crippen molar-refractivity contribution in [2.75, 3.05) is 13.6 Å². The zero-order valence-electron chi connectivity index (χ0n) is 9.39. The Morgan fingerprint density at radius 1 is 1.59 bits per heavy atom. The van der Waals surface area contributed by atoms with Crippen molar-refractivity contribution in [3.63, 3.8) is 0 Å². The average Bonchev–Trinajstić information content (AvgIpc) is 2.35. The Kier molecular flexibility index (Phi) is 5.32. The van der Waals surface area contributed by atoms with Crippen LogP contribution >= 0.6 is 11.6 Å². The number of hydrogen-bond donors (Lipinski definition) is 3. The number of aliphatic hydroxyl groups excluding tert-OH is 2. The standard InChI is InChI=1S/C11H14ClN3O2/c1-14-3-2-9(16)10(17)8-4-7(5-13)6-15-11(8)12/h4,6,9-10,14,16-17H,2-3H2,1H3. The summed E-state index contributed by atoms with van der Waals surface area (Å²) in [5.41, 5.74) is 0.568. The molecule has 0 spiro atoms. The van der Waals surface area contributed by atoms with Gasteiger partial charge in [0.15, 0.2) is 0 Å². The molecule has 0 aliphatic rings. The number of nitrogens with one attached hydrogen (secondary N) is 1. The van der Waals surface area contributed by atoms with Crippen LogP contribution in [0.1, 0.15) is 23.7 Å². The Balaban J connectivity index is 2.87. The van der Waals surface area contributed by atoms with E-state index >= 15 is 0 Å². The molecule has 17 heavy (non-hydrogen) atoms. The van der Waals surface area contributed by atoms with Gasteiger partial charge in [0.1, 0.15) is 17.3 Å². The van der Waals surface area contributed by atoms with E-state index in [0.717, 1.165) is 0 Å². The fourth-order valence-electron chi connectivity index (χ4n) is 1.39. The average molecular weight is 256 g/mol. The summed E-state index contributed by atoms with van der Waals surface area (Å²) in [6.07, 6.45) is -0.393. The van der Waals surface area contributed by atoms with E-state index in [0.29, 0.717) is 18.5 Å². The van der Waals surface area contributed by atoms with Gasteiger partial charge in [0.2, 0.25) is 0 Å². The molecule has 0 radical (unpaired) electrons. The first kappa shape index (κ1) is 13.9. The number of hydrogen-bond acceptors (Lipinski definition) is 5. The first-order chi connectivity index (χ1) is 8.10. The molecule has 1 rings (SSSR count). The van der Waals surface area contributed by atoms with Crippen molar-refractivity contribution in [2.24, 2.45) is 0 Å². The highest BCUT2D eigenvalue weighted by Gasteiger charge is 2.21. The summed E-state index contributed by atoms with van der Waals surface area (Å²) in [7, 11) is 1.75. The highest BCUT2D eigenvalue weighted by atomic mass is 35.5. The van der Waals surface area contributed by atoms with Gasteiger partial charge >= 0.3 is 0 Å². The molecular weight excluding hydrogens is 242 g/mol. The third-order valence-corrected chi connectivity index (χ3v) is 2.68. The molecule has 92 valence electrons. The molecule has 1 heterocycles. The number of nitrogens with zero attached hydrogens (tertiary/aromatic N) is 2. The molecule has 3 N–H and O–H groups in total. The van der Waals surface area contributed by atoms with Crippen LogP contribution in [-0.4, -0.2) is 34.9 Å². The van der Waals surface area contributed by atoms with Crippen molar-refractivity contribution >= 4 is 11.6 Å². The minimum atomic E-state index is -1.14. The van der Waals surface area contributed by atoms with Crippen LogP contribution < -0.4 is 5.32 Å². The summed E-state index contributed by atoms with van der Waals surface area (Å²) < 4.78 is 0. The predicted molar refractivity (Wildman–Crippen MR) is 63.5 cm³/mol. The largest absolute Gasteiger partial charge is 0.390 e. The Morgan fingerprint density at radius 3 is 2.88 bits per heavy atom. The van der Waals surface area contributed by atoms with E-state index in [1.54, 1.807) is 7.05 Å². The molecule has 1 aromatic heterocycles. The smallest absolute Gasteiger partial charge is 0.134 e. The maximum absolute atomic E-state index is 9.90. The molecular formula is C11H14ClN3O2. The molecule has 0 amide bonds. The van der Waals surface area contributed by atoms with E-state index in [4.69, 9.17) is 16.9 Å². The van der Waals surface area contributed by atoms with Gasteiger partial charge in [-0.05, 0) is 26.1 Å². The third-order valence-electron chi connectivity index (χ3n) is 2.37. The van der Waals surface area contributed by atoms with E-state index < -0.39 is 12.2 Å². The first-order valence-electron chi connectivity index (χ1n) is 5.16. The van der Waals surface area contributed by atoms with Gasteiger partial charge in [0, 0.05) is 11.8 Å². The van der Waals surface area contributed by atoms with E-state index in [1.165, 1.54) is 12.3 Å². The van der Waals surface area contributed by atoms with Gasteiger partial charge in [-0.2, -0.15) is 5.26 Å². The lowest BCUT2D eigenvalue weighted by Gasteiger charge is -2.18. The molecule has 0 fully saturated rings. The van der Waals surface area contributed by atoms with Crippen LogP contribution in [0.4, 0.5) is 0 Å². The van der Waals surface area contributed by atoms with Crippen LogP contribution in [0.3, 0.4) is 0 Å². The van der Waals surface area contributed by atoms with Crippen molar-refractivity contribution < 1.29 is 10.2 Å². The van der Waals surface area contributed by atoms with Crippen molar-refractivity contribution in [1.82, 2.24) is 10.3 Å². The van der Waals surface area contributed by atoms with Crippen LogP contribution in [0.25, 0.3) is 0 Å². The SMILES string of the molecule is CNCCC(O)C(O)c1cc(C#N)cnc1Cl. The zero-order valence-corrected chi connectivity index (χ0v) is 10.1. The third kappa shape index (κ3) is 3.65. The van der Waals surface area contributed by atoms with Crippen molar-refractivity contribution in [1.29, 1.82) is 5.26 Å². The highest BCUT2D eigenvalue weighted by Crippen LogP contribution is 2.25. The number of nitriles is 1. The predicted octanol–water partition coefficient (Wildman–Crippen LogP) is 0.610. The lowest BCUT2D eigenvalue weighted by atomic mass is 10.0. The molecule has 0 aliphatic carbocycles. The minimum Gasteiger partial charge on any atom is -0.390 e. The quantitative estimate of drug-likeness (QED) is 0.671. The molecule has 0 aliphatic heterocycles. The van der Waals surface area contributed by atoms with E-state index in [1.807, 2.05) is 6.07 Å². The van der Waals surface area contributed by atoms with Gasteiger partial charge in [-0.15, -0.1) is 0 Å². The van der Waals surface area contributed by atoms with Crippen LogP contribution in [0.15, 0.2) is 12.3 Å². The maximum Gasteiger partial charge on any atom is 0.134 e. The molecule has 0 bridgehead atoms. The second-order valence-corrected chi connectivity index (χ2v) is 3.98. The Hall–Kier alpha value is -1.19. The summed E-state index contributed by atoms with van der Waals surface area (Å²) in [6, 6.07) is 3.34. The number of rotatable bonds is 5. The van der Waals surface area contributed by atoms with Crippen LogP contribution in [0.2, 0.25) is 5.15 Å². The summed E-state index contributed by atoms with van der Waals surface area (Å²) in [6.45, 7) is 0.571. The van der Waals surface area contributed by atoms with E-state index in [9.17, 15) is 10.2 Å². The summed E-state index contributed by atoms with van der Waals surface area (Å²) in [4.78, 5) is 3.79. The van der Waals surface area contributed by atoms with Crippen LogP contribution in [0, 0.1) is 11.3 Å². The zero-order chi connectivity index (χ0) is 12.8. The maximum atomic E-state index is 9.90. The fraction of sp³-hybridized carbons (Fsp3) is 0.455. The van der Waals surface area contributed by atoms with Gasteiger partial charge in [0.05, 0.1) is 11.7 Å². The van der Waals surface area contributed by atoms with Crippen LogP contribution in [-0.2, 0) is 0 Å². The fourth-order valence-corrected chi connectivity index (χ4v) is 1.61. The molecule has 2 unspecified atom stereocenters. The summed E-state index contributed by atoms with van der Waals surface area (Å²) in [5.74, 6) is 0. The summed E-state index contributed by atoms with van der Waals surface area (Å²) >= 11 is 5.82. The van der Waals surface area contributed by atoms with E-state index in [-0.39, 0.29) is 10.7 Å². The van der Waals surface area contributed by atoms with Gasteiger partial charge < -0.3 is 15.5 Å². The van der Waals surface area contributed by atoms with Crippen molar-refractivity contribution in [3.8, 4) is 6.07 Å². The summed E-state index contributed by atoms with van der Waals surface area (Å²) in [5, 5.41) is 31.3. The Labute approximate surface area is 105 Å². The Morgan fingerprint density at radius 2 is 2.29 bits per heavy atom.